The van der Waals surface area contributed by atoms with Crippen molar-refractivity contribution in [1.82, 2.24) is 15.3 Å². The van der Waals surface area contributed by atoms with E-state index in [4.69, 9.17) is 4.74 Å². The van der Waals surface area contributed by atoms with Gasteiger partial charge in [-0.15, -0.1) is 0 Å². The van der Waals surface area contributed by atoms with E-state index < -0.39 is 0 Å². The van der Waals surface area contributed by atoms with E-state index in [1.54, 1.807) is 24.5 Å². The molecule has 0 atom stereocenters. The first-order valence-electron chi connectivity index (χ1n) is 8.59. The van der Waals surface area contributed by atoms with Crippen LogP contribution in [0.15, 0.2) is 85.2 Å². The number of aromatic nitrogens is 2. The molecule has 27 heavy (non-hydrogen) atoms. The van der Waals surface area contributed by atoms with Crippen LogP contribution < -0.4 is 10.1 Å². The Kier molecular flexibility index (Phi) is 4.74. The molecule has 0 bridgehead atoms. The number of hydrogen-bond donors (Lipinski definition) is 1. The van der Waals surface area contributed by atoms with Gasteiger partial charge in [0.15, 0.2) is 0 Å². The third-order valence-corrected chi connectivity index (χ3v) is 4.06. The molecule has 132 valence electrons. The van der Waals surface area contributed by atoms with E-state index in [0.29, 0.717) is 17.9 Å². The minimum absolute atomic E-state index is 0.156. The molecule has 2 aromatic carbocycles. The Morgan fingerprint density at radius 2 is 1.74 bits per heavy atom. The van der Waals surface area contributed by atoms with Crippen LogP contribution in [0.1, 0.15) is 16.1 Å². The monoisotopic (exact) mass is 355 g/mol. The van der Waals surface area contributed by atoms with E-state index in [1.165, 1.54) is 0 Å². The molecular formula is C22H17N3O2. The summed E-state index contributed by atoms with van der Waals surface area (Å²) in [4.78, 5) is 21.0. The van der Waals surface area contributed by atoms with Gasteiger partial charge in [-0.05, 0) is 42.5 Å². The van der Waals surface area contributed by atoms with Gasteiger partial charge in [0.25, 0.3) is 5.91 Å². The molecule has 2 aromatic heterocycles. The van der Waals surface area contributed by atoms with Gasteiger partial charge in [0.1, 0.15) is 11.5 Å². The summed E-state index contributed by atoms with van der Waals surface area (Å²) in [5.74, 6) is 1.28. The summed E-state index contributed by atoms with van der Waals surface area (Å²) in [6.07, 6.45) is 3.40. The number of para-hydroxylation sites is 1. The highest BCUT2D eigenvalue weighted by Gasteiger charge is 2.08. The van der Waals surface area contributed by atoms with Crippen LogP contribution in [0.5, 0.6) is 11.5 Å². The second-order valence-corrected chi connectivity index (χ2v) is 5.99. The van der Waals surface area contributed by atoms with E-state index in [2.05, 4.69) is 15.3 Å². The quantitative estimate of drug-likeness (QED) is 0.578. The minimum Gasteiger partial charge on any atom is -0.457 e. The van der Waals surface area contributed by atoms with E-state index in [9.17, 15) is 4.79 Å². The second kappa shape index (κ2) is 7.66. The number of fused-ring (bicyclic) bond motifs is 1. The molecule has 0 aliphatic rings. The minimum atomic E-state index is -0.156. The smallest absolute Gasteiger partial charge is 0.251 e. The van der Waals surface area contributed by atoms with Crippen LogP contribution in [0.4, 0.5) is 0 Å². The molecule has 0 saturated heterocycles. The first-order valence-corrected chi connectivity index (χ1v) is 8.59. The van der Waals surface area contributed by atoms with Crippen LogP contribution >= 0.6 is 0 Å². The fourth-order valence-corrected chi connectivity index (χ4v) is 2.73. The Bertz CT molecular complexity index is 1080. The first kappa shape index (κ1) is 16.7. The zero-order valence-corrected chi connectivity index (χ0v) is 14.5. The zero-order valence-electron chi connectivity index (χ0n) is 14.5. The third-order valence-electron chi connectivity index (χ3n) is 4.06. The molecule has 1 N–H and O–H groups in total. The van der Waals surface area contributed by atoms with Gasteiger partial charge in [0.2, 0.25) is 0 Å². The van der Waals surface area contributed by atoms with E-state index in [-0.39, 0.29) is 5.91 Å². The average molecular weight is 355 g/mol. The molecule has 5 heteroatoms. The zero-order chi connectivity index (χ0) is 18.5. The molecule has 4 rings (SSSR count). The molecule has 0 saturated carbocycles. The molecule has 0 aliphatic heterocycles. The van der Waals surface area contributed by atoms with Gasteiger partial charge in [-0.3, -0.25) is 14.8 Å². The number of nitrogens with one attached hydrogen (secondary N) is 1. The molecule has 1 amide bonds. The molecular weight excluding hydrogens is 338 g/mol. The number of rotatable bonds is 5. The lowest BCUT2D eigenvalue weighted by Gasteiger charge is -2.08. The Morgan fingerprint density at radius 3 is 2.63 bits per heavy atom. The van der Waals surface area contributed by atoms with Crippen molar-refractivity contribution in [2.75, 3.05) is 0 Å². The van der Waals surface area contributed by atoms with Gasteiger partial charge < -0.3 is 10.1 Å². The summed E-state index contributed by atoms with van der Waals surface area (Å²) < 4.78 is 5.80. The summed E-state index contributed by atoms with van der Waals surface area (Å²) in [5.41, 5.74) is 2.17. The standard InChI is InChI=1S/C22H17N3O2/c26-22(17-8-9-21-16(13-17)5-4-11-24-21)25-15-18-14-20(10-12-23-18)27-19-6-2-1-3-7-19/h1-14H,15H2,(H,25,26). The van der Waals surface area contributed by atoms with E-state index >= 15 is 0 Å². The fourth-order valence-electron chi connectivity index (χ4n) is 2.73. The number of carbonyl (C=O) groups excluding carboxylic acids is 1. The van der Waals surface area contributed by atoms with Crippen molar-refractivity contribution in [3.8, 4) is 11.5 Å². The van der Waals surface area contributed by atoms with Crippen LogP contribution in [0.2, 0.25) is 0 Å². The number of pyridine rings is 2. The molecule has 5 nitrogen and oxygen atoms in total. The van der Waals surface area contributed by atoms with Crippen molar-refractivity contribution in [2.24, 2.45) is 0 Å². The van der Waals surface area contributed by atoms with Gasteiger partial charge in [-0.25, -0.2) is 0 Å². The molecule has 0 fully saturated rings. The van der Waals surface area contributed by atoms with Crippen molar-refractivity contribution in [3.05, 3.63) is 96.4 Å². The van der Waals surface area contributed by atoms with Crippen LogP contribution in [0, 0.1) is 0 Å². The highest BCUT2D eigenvalue weighted by Crippen LogP contribution is 2.21. The summed E-state index contributed by atoms with van der Waals surface area (Å²) in [6, 6.07) is 22.4. The van der Waals surface area contributed by atoms with Crippen LogP contribution in [0.3, 0.4) is 0 Å². The van der Waals surface area contributed by atoms with Crippen molar-refractivity contribution in [2.45, 2.75) is 6.54 Å². The Labute approximate surface area is 156 Å². The van der Waals surface area contributed by atoms with Crippen LogP contribution in [-0.4, -0.2) is 15.9 Å². The number of hydrogen-bond acceptors (Lipinski definition) is 4. The SMILES string of the molecule is O=C(NCc1cc(Oc2ccccc2)ccn1)c1ccc2ncccc2c1. The lowest BCUT2D eigenvalue weighted by molar-refractivity contribution is 0.0950. The van der Waals surface area contributed by atoms with Crippen LogP contribution in [0.25, 0.3) is 10.9 Å². The molecule has 0 spiro atoms. The van der Waals surface area contributed by atoms with Gasteiger partial charge >= 0.3 is 0 Å². The summed E-state index contributed by atoms with van der Waals surface area (Å²) >= 11 is 0. The largest absolute Gasteiger partial charge is 0.457 e. The van der Waals surface area contributed by atoms with E-state index in [0.717, 1.165) is 22.3 Å². The number of amides is 1. The predicted octanol–water partition coefficient (Wildman–Crippen LogP) is 4.35. The van der Waals surface area contributed by atoms with Gasteiger partial charge in [0.05, 0.1) is 17.8 Å². The highest BCUT2D eigenvalue weighted by molar-refractivity contribution is 5.97. The Hall–Kier alpha value is -3.73. The molecule has 0 aliphatic carbocycles. The molecule has 0 radical (unpaired) electrons. The number of nitrogens with zero attached hydrogens (tertiary/aromatic N) is 2. The number of carbonyl (C=O) groups is 1. The maximum absolute atomic E-state index is 12.4. The molecule has 4 aromatic rings. The van der Waals surface area contributed by atoms with Gasteiger partial charge in [0, 0.05) is 29.4 Å². The normalized spacial score (nSPS) is 10.5. The topological polar surface area (TPSA) is 64.1 Å². The Balaban J connectivity index is 1.43. The molecule has 0 unspecified atom stereocenters. The average Bonchev–Trinajstić information content (AvgIpc) is 2.73. The van der Waals surface area contributed by atoms with Crippen molar-refractivity contribution in [3.63, 3.8) is 0 Å². The maximum atomic E-state index is 12.4. The number of ether oxygens (including phenoxy) is 1. The summed E-state index contributed by atoms with van der Waals surface area (Å²) in [5, 5.41) is 3.83. The van der Waals surface area contributed by atoms with Gasteiger partial charge in [-0.2, -0.15) is 0 Å². The first-order chi connectivity index (χ1) is 13.3. The predicted molar refractivity (Wildman–Crippen MR) is 104 cm³/mol. The lowest BCUT2D eigenvalue weighted by atomic mass is 10.1. The van der Waals surface area contributed by atoms with Gasteiger partial charge in [-0.1, -0.05) is 24.3 Å². The van der Waals surface area contributed by atoms with E-state index in [1.807, 2.05) is 60.7 Å². The Morgan fingerprint density at radius 1 is 0.852 bits per heavy atom. The van der Waals surface area contributed by atoms with Crippen molar-refractivity contribution >= 4 is 16.8 Å². The van der Waals surface area contributed by atoms with Crippen LogP contribution in [-0.2, 0) is 6.54 Å². The highest BCUT2D eigenvalue weighted by atomic mass is 16.5. The number of benzene rings is 2. The summed E-state index contributed by atoms with van der Waals surface area (Å²) in [6.45, 7) is 0.315. The molecule has 2 heterocycles. The van der Waals surface area contributed by atoms with Crippen molar-refractivity contribution < 1.29 is 9.53 Å². The fraction of sp³-hybridized carbons (Fsp3) is 0.0455. The third kappa shape index (κ3) is 4.10. The second-order valence-electron chi connectivity index (χ2n) is 5.99. The van der Waals surface area contributed by atoms with Crippen molar-refractivity contribution in [1.29, 1.82) is 0 Å². The summed E-state index contributed by atoms with van der Waals surface area (Å²) in [7, 11) is 0. The maximum Gasteiger partial charge on any atom is 0.251 e. The lowest BCUT2D eigenvalue weighted by Crippen LogP contribution is -2.23.